The molecule has 5 nitrogen and oxygen atoms in total. The zero-order chi connectivity index (χ0) is 24.9. The van der Waals surface area contributed by atoms with E-state index in [1.165, 1.54) is 67.4 Å². The fraction of sp³-hybridized carbons (Fsp3) is 0.533. The van der Waals surface area contributed by atoms with E-state index in [1.807, 2.05) is 24.3 Å². The molecule has 2 aliphatic rings. The van der Waals surface area contributed by atoms with Crippen LogP contribution in [-0.2, 0) is 19.7 Å². The van der Waals surface area contributed by atoms with Gasteiger partial charge in [0.25, 0.3) is 0 Å². The van der Waals surface area contributed by atoms with Crippen LogP contribution >= 0.6 is 11.6 Å². The summed E-state index contributed by atoms with van der Waals surface area (Å²) in [5, 5.41) is 2.11. The van der Waals surface area contributed by atoms with Crippen molar-refractivity contribution in [2.45, 2.75) is 57.8 Å². The molecule has 0 spiro atoms. The lowest BCUT2D eigenvalue weighted by molar-refractivity contribution is 0.139. The monoisotopic (exact) mass is 508 g/mol. The molecule has 2 aliphatic heterocycles. The van der Waals surface area contributed by atoms with Crippen LogP contribution in [0.5, 0.6) is 5.75 Å². The third-order valence-corrected chi connectivity index (χ3v) is 8.39. The summed E-state index contributed by atoms with van der Waals surface area (Å²) >= 11 is 6.11. The topological polar surface area (TPSA) is 23.9 Å². The van der Waals surface area contributed by atoms with Gasteiger partial charge in [-0.1, -0.05) is 36.2 Å². The van der Waals surface area contributed by atoms with Crippen LogP contribution in [-0.4, -0.2) is 72.1 Å². The second-order valence-electron chi connectivity index (χ2n) is 10.7. The SMILES string of the molecule is CN(C)C1CCN(Cc2c(COc3ccc(Cl)cc3)n(CCN3CCCCC3)c3ccccc23)CC1. The number of piperidine rings is 2. The number of nitrogens with zero attached hydrogens (tertiary/aromatic N) is 4. The van der Waals surface area contributed by atoms with E-state index in [0.717, 1.165) is 43.5 Å². The van der Waals surface area contributed by atoms with Crippen LogP contribution in [0.3, 0.4) is 0 Å². The molecule has 0 aliphatic carbocycles. The second-order valence-corrected chi connectivity index (χ2v) is 11.1. The molecule has 0 unspecified atom stereocenters. The van der Waals surface area contributed by atoms with Crippen molar-refractivity contribution in [1.29, 1.82) is 0 Å². The Morgan fingerprint density at radius 1 is 0.861 bits per heavy atom. The molecule has 0 amide bonds. The van der Waals surface area contributed by atoms with Crippen LogP contribution in [0.15, 0.2) is 48.5 Å². The second kappa shape index (κ2) is 12.0. The summed E-state index contributed by atoms with van der Waals surface area (Å²) in [6, 6.07) is 17.4. The molecule has 0 saturated carbocycles. The van der Waals surface area contributed by atoms with Gasteiger partial charge in [-0.2, -0.15) is 0 Å². The maximum absolute atomic E-state index is 6.37. The molecule has 3 aromatic rings. The van der Waals surface area contributed by atoms with Crippen molar-refractivity contribution in [1.82, 2.24) is 19.3 Å². The lowest BCUT2D eigenvalue weighted by Gasteiger charge is -2.35. The van der Waals surface area contributed by atoms with E-state index >= 15 is 0 Å². The van der Waals surface area contributed by atoms with E-state index in [1.54, 1.807) is 0 Å². The Balaban J connectivity index is 1.42. The molecule has 2 aromatic carbocycles. The van der Waals surface area contributed by atoms with Crippen LogP contribution in [0.25, 0.3) is 10.9 Å². The molecule has 2 fully saturated rings. The van der Waals surface area contributed by atoms with Crippen molar-refractivity contribution in [3.8, 4) is 5.75 Å². The minimum Gasteiger partial charge on any atom is -0.487 e. The maximum atomic E-state index is 6.37. The molecule has 3 heterocycles. The van der Waals surface area contributed by atoms with E-state index in [2.05, 4.69) is 57.6 Å². The summed E-state index contributed by atoms with van der Waals surface area (Å²) in [7, 11) is 4.42. The fourth-order valence-corrected chi connectivity index (χ4v) is 6.08. The fourth-order valence-electron chi connectivity index (χ4n) is 5.95. The van der Waals surface area contributed by atoms with Crippen molar-refractivity contribution in [2.24, 2.45) is 0 Å². The van der Waals surface area contributed by atoms with Gasteiger partial charge in [-0.25, -0.2) is 0 Å². The van der Waals surface area contributed by atoms with Gasteiger partial charge < -0.3 is 19.1 Å². The van der Waals surface area contributed by atoms with Gasteiger partial charge >= 0.3 is 0 Å². The Hall–Kier alpha value is -2.05. The molecular formula is C30H41ClN4O. The summed E-state index contributed by atoms with van der Waals surface area (Å²) in [4.78, 5) is 7.66. The quantitative estimate of drug-likeness (QED) is 0.360. The highest BCUT2D eigenvalue weighted by molar-refractivity contribution is 6.30. The van der Waals surface area contributed by atoms with Crippen LogP contribution in [0.4, 0.5) is 0 Å². The van der Waals surface area contributed by atoms with Crippen molar-refractivity contribution in [2.75, 3.05) is 46.8 Å². The Bertz CT molecular complexity index is 1110. The summed E-state index contributed by atoms with van der Waals surface area (Å²) in [5.74, 6) is 0.866. The average Bonchev–Trinajstić information content (AvgIpc) is 3.20. The highest BCUT2D eigenvalue weighted by Gasteiger charge is 2.24. The van der Waals surface area contributed by atoms with Crippen molar-refractivity contribution >= 4 is 22.5 Å². The number of para-hydroxylation sites is 1. The number of ether oxygens (including phenoxy) is 1. The van der Waals surface area contributed by atoms with Gasteiger partial charge in [0, 0.05) is 41.6 Å². The molecule has 36 heavy (non-hydrogen) atoms. The number of hydrogen-bond donors (Lipinski definition) is 0. The van der Waals surface area contributed by atoms with Crippen LogP contribution < -0.4 is 4.74 Å². The predicted octanol–water partition coefficient (Wildman–Crippen LogP) is 5.89. The van der Waals surface area contributed by atoms with Gasteiger partial charge in [0.2, 0.25) is 0 Å². The Labute approximate surface area is 221 Å². The summed E-state index contributed by atoms with van der Waals surface area (Å²) < 4.78 is 8.91. The normalized spacial score (nSPS) is 18.3. The van der Waals surface area contributed by atoms with Gasteiger partial charge in [-0.3, -0.25) is 4.90 Å². The number of likely N-dealkylation sites (tertiary alicyclic amines) is 2. The minimum absolute atomic E-state index is 0.569. The van der Waals surface area contributed by atoms with Crippen molar-refractivity contribution in [3.05, 3.63) is 64.8 Å². The molecule has 1 aromatic heterocycles. The average molecular weight is 509 g/mol. The first kappa shape index (κ1) is 25.6. The van der Waals surface area contributed by atoms with Gasteiger partial charge in [0.15, 0.2) is 0 Å². The minimum atomic E-state index is 0.569. The zero-order valence-corrected chi connectivity index (χ0v) is 22.7. The number of rotatable bonds is 9. The molecule has 0 atom stereocenters. The molecule has 0 N–H and O–H groups in total. The van der Waals surface area contributed by atoms with Gasteiger partial charge in [-0.05, 0) is 102 Å². The van der Waals surface area contributed by atoms with Crippen molar-refractivity contribution < 1.29 is 4.74 Å². The molecule has 0 bridgehead atoms. The van der Waals surface area contributed by atoms with Crippen molar-refractivity contribution in [3.63, 3.8) is 0 Å². The standard InChI is InChI=1S/C30H41ClN4O/c1-32(2)25-14-18-34(19-15-25)22-28-27-8-4-5-9-29(27)35(21-20-33-16-6-3-7-17-33)30(28)23-36-26-12-10-24(31)11-13-26/h4-5,8-13,25H,3,6-7,14-23H2,1-2H3. The maximum Gasteiger partial charge on any atom is 0.129 e. The lowest BCUT2D eigenvalue weighted by atomic mass is 10.0. The highest BCUT2D eigenvalue weighted by atomic mass is 35.5. The van der Waals surface area contributed by atoms with E-state index in [0.29, 0.717) is 12.6 Å². The first-order valence-corrected chi connectivity index (χ1v) is 14.0. The van der Waals surface area contributed by atoms with Crippen LogP contribution in [0, 0.1) is 0 Å². The molecule has 6 heteroatoms. The number of hydrogen-bond acceptors (Lipinski definition) is 4. The summed E-state index contributed by atoms with van der Waals surface area (Å²) in [6.45, 7) is 8.40. The highest BCUT2D eigenvalue weighted by Crippen LogP contribution is 2.30. The first-order valence-electron chi connectivity index (χ1n) is 13.7. The van der Waals surface area contributed by atoms with E-state index in [-0.39, 0.29) is 0 Å². The number of benzene rings is 2. The predicted molar refractivity (Wildman–Crippen MR) is 150 cm³/mol. The summed E-state index contributed by atoms with van der Waals surface area (Å²) in [5.41, 5.74) is 4.08. The number of aromatic nitrogens is 1. The molecule has 2 saturated heterocycles. The van der Waals surface area contributed by atoms with Gasteiger partial charge in [0.05, 0.1) is 5.69 Å². The Kier molecular flexibility index (Phi) is 8.53. The third-order valence-electron chi connectivity index (χ3n) is 8.14. The first-order chi connectivity index (χ1) is 17.6. The Morgan fingerprint density at radius 2 is 1.58 bits per heavy atom. The molecule has 194 valence electrons. The summed E-state index contributed by atoms with van der Waals surface area (Å²) in [6.07, 6.45) is 6.49. The lowest BCUT2D eigenvalue weighted by Crippen LogP contribution is -2.41. The molecular weight excluding hydrogens is 468 g/mol. The molecule has 5 rings (SSSR count). The Morgan fingerprint density at radius 3 is 2.31 bits per heavy atom. The zero-order valence-electron chi connectivity index (χ0n) is 22.0. The largest absolute Gasteiger partial charge is 0.487 e. The van der Waals surface area contributed by atoms with Crippen LogP contribution in [0.1, 0.15) is 43.4 Å². The van der Waals surface area contributed by atoms with Crippen LogP contribution in [0.2, 0.25) is 5.02 Å². The molecule has 0 radical (unpaired) electrons. The number of halogens is 1. The smallest absolute Gasteiger partial charge is 0.129 e. The van der Waals surface area contributed by atoms with E-state index in [9.17, 15) is 0 Å². The van der Waals surface area contributed by atoms with E-state index in [4.69, 9.17) is 16.3 Å². The van der Waals surface area contributed by atoms with E-state index < -0.39 is 0 Å². The van der Waals surface area contributed by atoms with Gasteiger partial charge in [-0.15, -0.1) is 0 Å². The third kappa shape index (κ3) is 6.08. The van der Waals surface area contributed by atoms with Gasteiger partial charge in [0.1, 0.15) is 12.4 Å². The number of fused-ring (bicyclic) bond motifs is 1.